The lowest BCUT2D eigenvalue weighted by atomic mass is 10.2. The molecule has 4 heteroatoms. The Hall–Kier alpha value is -1.81. The molecule has 0 aliphatic heterocycles. The second-order valence-electron chi connectivity index (χ2n) is 4.68. The molecule has 0 aliphatic carbocycles. The Morgan fingerprint density at radius 2 is 1.60 bits per heavy atom. The van der Waals surface area contributed by atoms with Crippen LogP contribution in [0.25, 0.3) is 0 Å². The lowest BCUT2D eigenvalue weighted by Crippen LogP contribution is -2.18. The third kappa shape index (κ3) is 4.10. The molecule has 0 aliphatic rings. The zero-order valence-electron chi connectivity index (χ0n) is 11.8. The van der Waals surface area contributed by atoms with Crippen molar-refractivity contribution in [1.29, 1.82) is 0 Å². The minimum Gasteiger partial charge on any atom is -0.357 e. The van der Waals surface area contributed by atoms with Crippen LogP contribution in [0.5, 0.6) is 0 Å². The van der Waals surface area contributed by atoms with Gasteiger partial charge in [-0.1, -0.05) is 29.5 Å². The third-order valence-corrected chi connectivity index (χ3v) is 3.81. The number of hydrogen-bond acceptors (Lipinski definition) is 2. The molecule has 0 fully saturated rings. The van der Waals surface area contributed by atoms with E-state index in [1.54, 1.807) is 23.9 Å². The summed E-state index contributed by atoms with van der Waals surface area (Å²) < 4.78 is 12.9. The van der Waals surface area contributed by atoms with Gasteiger partial charge in [0.15, 0.2) is 5.17 Å². The molecule has 0 unspecified atom stereocenters. The van der Waals surface area contributed by atoms with Crippen LogP contribution >= 0.6 is 11.8 Å². The lowest BCUT2D eigenvalue weighted by Gasteiger charge is -2.15. The molecule has 0 bridgehead atoms. The number of hydrogen-bond donors (Lipinski definition) is 0. The van der Waals surface area contributed by atoms with Gasteiger partial charge in [0.25, 0.3) is 0 Å². The van der Waals surface area contributed by atoms with Gasteiger partial charge in [-0.25, -0.2) is 9.38 Å². The lowest BCUT2D eigenvalue weighted by molar-refractivity contribution is 0.627. The number of aliphatic imine (C=N–C) groups is 1. The Bertz CT molecular complexity index is 589. The molecule has 0 radical (unpaired) electrons. The van der Waals surface area contributed by atoms with E-state index < -0.39 is 0 Å². The Labute approximate surface area is 123 Å². The standard InChI is InChI=1S/C16H17FN2S/c1-12-4-10-15(11-5-12)20-16(19(2)3)18-14-8-6-13(17)7-9-14/h4-11H,1-3H3. The second kappa shape index (κ2) is 6.57. The molecule has 0 saturated carbocycles. The van der Waals surface area contributed by atoms with Crippen LogP contribution in [0, 0.1) is 12.7 Å². The summed E-state index contributed by atoms with van der Waals surface area (Å²) in [6, 6.07) is 14.5. The Kier molecular flexibility index (Phi) is 4.79. The maximum Gasteiger partial charge on any atom is 0.168 e. The topological polar surface area (TPSA) is 15.6 Å². The zero-order chi connectivity index (χ0) is 14.5. The maximum atomic E-state index is 12.9. The van der Waals surface area contributed by atoms with Gasteiger partial charge in [-0.2, -0.15) is 0 Å². The number of aryl methyl sites for hydroxylation is 1. The van der Waals surface area contributed by atoms with Crippen LogP contribution < -0.4 is 0 Å². The highest BCUT2D eigenvalue weighted by Gasteiger charge is 2.06. The molecule has 2 nitrogen and oxygen atoms in total. The van der Waals surface area contributed by atoms with Crippen LogP contribution in [0.4, 0.5) is 10.1 Å². The van der Waals surface area contributed by atoms with Gasteiger partial charge in [-0.3, -0.25) is 0 Å². The summed E-state index contributed by atoms with van der Waals surface area (Å²) in [7, 11) is 3.90. The summed E-state index contributed by atoms with van der Waals surface area (Å²) in [6.45, 7) is 2.06. The number of halogens is 1. The Balaban J connectivity index is 2.22. The van der Waals surface area contributed by atoms with Crippen molar-refractivity contribution in [3.8, 4) is 0 Å². The second-order valence-corrected chi connectivity index (χ2v) is 5.72. The van der Waals surface area contributed by atoms with E-state index in [9.17, 15) is 4.39 Å². The first-order valence-corrected chi connectivity index (χ1v) is 7.12. The smallest absolute Gasteiger partial charge is 0.168 e. The van der Waals surface area contributed by atoms with E-state index in [1.807, 2.05) is 19.0 Å². The highest BCUT2D eigenvalue weighted by Crippen LogP contribution is 2.24. The van der Waals surface area contributed by atoms with Crippen LogP contribution in [0.2, 0.25) is 0 Å². The number of rotatable bonds is 2. The van der Waals surface area contributed by atoms with Crippen molar-refractivity contribution in [3.05, 3.63) is 59.9 Å². The zero-order valence-corrected chi connectivity index (χ0v) is 12.6. The number of amidine groups is 1. The number of thioether (sulfide) groups is 1. The van der Waals surface area contributed by atoms with E-state index in [0.717, 1.165) is 15.8 Å². The largest absolute Gasteiger partial charge is 0.357 e. The van der Waals surface area contributed by atoms with Gasteiger partial charge in [-0.05, 0) is 43.3 Å². The van der Waals surface area contributed by atoms with E-state index in [4.69, 9.17) is 0 Å². The van der Waals surface area contributed by atoms with Gasteiger partial charge in [-0.15, -0.1) is 0 Å². The molecule has 0 saturated heterocycles. The number of nitrogens with zero attached hydrogens (tertiary/aromatic N) is 2. The molecule has 0 spiro atoms. The summed E-state index contributed by atoms with van der Waals surface area (Å²) in [5, 5.41) is 0.862. The van der Waals surface area contributed by atoms with Crippen LogP contribution in [-0.2, 0) is 0 Å². The van der Waals surface area contributed by atoms with Crippen molar-refractivity contribution >= 4 is 22.6 Å². The molecule has 0 amide bonds. The van der Waals surface area contributed by atoms with E-state index >= 15 is 0 Å². The predicted molar refractivity (Wildman–Crippen MR) is 84.2 cm³/mol. The fourth-order valence-electron chi connectivity index (χ4n) is 1.55. The fraction of sp³-hybridized carbons (Fsp3) is 0.188. The molecule has 0 aromatic heterocycles. The van der Waals surface area contributed by atoms with E-state index in [0.29, 0.717) is 0 Å². The van der Waals surface area contributed by atoms with Gasteiger partial charge in [0.2, 0.25) is 0 Å². The average molecular weight is 288 g/mol. The normalized spacial score (nSPS) is 11.5. The van der Waals surface area contributed by atoms with E-state index in [1.165, 1.54) is 17.7 Å². The van der Waals surface area contributed by atoms with E-state index in [-0.39, 0.29) is 5.82 Å². The number of benzene rings is 2. The predicted octanol–water partition coefficient (Wildman–Crippen LogP) is 4.48. The fourth-order valence-corrected chi connectivity index (χ4v) is 2.37. The highest BCUT2D eigenvalue weighted by atomic mass is 32.2. The van der Waals surface area contributed by atoms with Crippen LogP contribution in [0.3, 0.4) is 0 Å². The molecule has 104 valence electrons. The first-order valence-electron chi connectivity index (χ1n) is 6.31. The molecule has 0 atom stereocenters. The van der Waals surface area contributed by atoms with Gasteiger partial charge >= 0.3 is 0 Å². The Morgan fingerprint density at radius 1 is 1.00 bits per heavy atom. The van der Waals surface area contributed by atoms with Gasteiger partial charge < -0.3 is 4.90 Å². The molecule has 2 aromatic carbocycles. The van der Waals surface area contributed by atoms with Crippen molar-refractivity contribution in [3.63, 3.8) is 0 Å². The van der Waals surface area contributed by atoms with E-state index in [2.05, 4.69) is 36.2 Å². The van der Waals surface area contributed by atoms with Crippen molar-refractivity contribution in [2.45, 2.75) is 11.8 Å². The van der Waals surface area contributed by atoms with Gasteiger partial charge in [0.05, 0.1) is 5.69 Å². The first kappa shape index (κ1) is 14.6. The third-order valence-electron chi connectivity index (χ3n) is 2.66. The summed E-state index contributed by atoms with van der Waals surface area (Å²) in [6.07, 6.45) is 0. The Morgan fingerprint density at radius 3 is 2.15 bits per heavy atom. The van der Waals surface area contributed by atoms with Crippen molar-refractivity contribution < 1.29 is 4.39 Å². The highest BCUT2D eigenvalue weighted by molar-refractivity contribution is 8.13. The van der Waals surface area contributed by atoms with Crippen LogP contribution in [0.15, 0.2) is 58.4 Å². The molecular weight excluding hydrogens is 271 g/mol. The molecule has 0 heterocycles. The van der Waals surface area contributed by atoms with Crippen molar-refractivity contribution in [2.75, 3.05) is 14.1 Å². The summed E-state index contributed by atoms with van der Waals surface area (Å²) in [4.78, 5) is 7.64. The molecule has 0 N–H and O–H groups in total. The van der Waals surface area contributed by atoms with Crippen LogP contribution in [-0.4, -0.2) is 24.2 Å². The molecule has 2 aromatic rings. The maximum absolute atomic E-state index is 12.9. The summed E-state index contributed by atoms with van der Waals surface area (Å²) in [5.41, 5.74) is 1.98. The summed E-state index contributed by atoms with van der Waals surface area (Å²) in [5.74, 6) is -0.249. The SMILES string of the molecule is Cc1ccc(SC(=Nc2ccc(F)cc2)N(C)C)cc1. The molecular formula is C16H17FN2S. The molecule has 2 rings (SSSR count). The first-order chi connectivity index (χ1) is 9.54. The summed E-state index contributed by atoms with van der Waals surface area (Å²) >= 11 is 1.59. The van der Waals surface area contributed by atoms with Gasteiger partial charge in [0, 0.05) is 19.0 Å². The molecule has 20 heavy (non-hydrogen) atoms. The minimum absolute atomic E-state index is 0.249. The van der Waals surface area contributed by atoms with Crippen molar-refractivity contribution in [1.82, 2.24) is 4.90 Å². The van der Waals surface area contributed by atoms with Gasteiger partial charge in [0.1, 0.15) is 5.82 Å². The van der Waals surface area contributed by atoms with Crippen LogP contribution in [0.1, 0.15) is 5.56 Å². The van der Waals surface area contributed by atoms with Crippen molar-refractivity contribution in [2.24, 2.45) is 4.99 Å². The quantitative estimate of drug-likeness (QED) is 0.460. The average Bonchev–Trinajstić information content (AvgIpc) is 2.42. The monoisotopic (exact) mass is 288 g/mol. The minimum atomic E-state index is -0.249.